The highest BCUT2D eigenvalue weighted by Crippen LogP contribution is 2.29. The van der Waals surface area contributed by atoms with Crippen LogP contribution < -0.4 is 10.9 Å². The van der Waals surface area contributed by atoms with Gasteiger partial charge in [-0.25, -0.2) is 0 Å². The highest BCUT2D eigenvalue weighted by Gasteiger charge is 2.17. The molecule has 2 aromatic carbocycles. The molecule has 0 aliphatic heterocycles. The molecule has 0 atom stereocenters. The molecule has 128 valence electrons. The normalized spacial score (nSPS) is 10.8. The first kappa shape index (κ1) is 17.0. The molecular weight excluding hydrogens is 312 g/mol. The van der Waals surface area contributed by atoms with E-state index in [4.69, 9.17) is 0 Å². The van der Waals surface area contributed by atoms with Gasteiger partial charge in [-0.3, -0.25) is 9.59 Å². The Morgan fingerprint density at radius 1 is 1.08 bits per heavy atom. The van der Waals surface area contributed by atoms with E-state index in [1.54, 1.807) is 18.7 Å². The standard InChI is InChI=1S/C21H22N2O2/c1-14-9-10-17-18(13-14)16(11-12-19(24)22-2)20(23(3)21(17)25)15-7-5-4-6-8-15/h4-10,13H,11-12H2,1-3H3,(H,22,24). The summed E-state index contributed by atoms with van der Waals surface area (Å²) >= 11 is 0. The Kier molecular flexibility index (Phi) is 4.70. The Balaban J connectivity index is 2.33. The van der Waals surface area contributed by atoms with Crippen molar-refractivity contribution >= 4 is 16.7 Å². The molecule has 3 aromatic rings. The van der Waals surface area contributed by atoms with E-state index in [-0.39, 0.29) is 11.5 Å². The predicted octanol–water partition coefficient (Wildman–Crippen LogP) is 3.19. The molecule has 3 rings (SSSR count). The maximum absolute atomic E-state index is 12.9. The fourth-order valence-corrected chi connectivity index (χ4v) is 3.29. The third kappa shape index (κ3) is 3.20. The van der Waals surface area contributed by atoms with Crippen molar-refractivity contribution in [2.24, 2.45) is 7.05 Å². The summed E-state index contributed by atoms with van der Waals surface area (Å²) in [4.78, 5) is 24.7. The number of carbonyl (C=O) groups excluding carboxylic acids is 1. The van der Waals surface area contributed by atoms with Crippen molar-refractivity contribution < 1.29 is 4.79 Å². The number of pyridine rings is 1. The zero-order chi connectivity index (χ0) is 18.0. The summed E-state index contributed by atoms with van der Waals surface area (Å²) in [6.45, 7) is 2.02. The first-order chi connectivity index (χ1) is 12.0. The maximum atomic E-state index is 12.9. The number of benzene rings is 2. The maximum Gasteiger partial charge on any atom is 0.258 e. The summed E-state index contributed by atoms with van der Waals surface area (Å²) in [6, 6.07) is 15.8. The quantitative estimate of drug-likeness (QED) is 0.796. The minimum atomic E-state index is -0.0162. The lowest BCUT2D eigenvalue weighted by Gasteiger charge is -2.18. The number of nitrogens with zero attached hydrogens (tertiary/aromatic N) is 1. The van der Waals surface area contributed by atoms with Crippen LogP contribution in [0.25, 0.3) is 22.0 Å². The Labute approximate surface area is 147 Å². The highest BCUT2D eigenvalue weighted by atomic mass is 16.1. The van der Waals surface area contributed by atoms with Crippen molar-refractivity contribution in [1.29, 1.82) is 0 Å². The minimum absolute atomic E-state index is 0.00586. The summed E-state index contributed by atoms with van der Waals surface area (Å²) in [5, 5.41) is 4.30. The van der Waals surface area contributed by atoms with Crippen LogP contribution in [0.4, 0.5) is 0 Å². The number of hydrogen-bond donors (Lipinski definition) is 1. The molecule has 0 saturated carbocycles. The van der Waals surface area contributed by atoms with E-state index < -0.39 is 0 Å². The number of rotatable bonds is 4. The number of nitrogens with one attached hydrogen (secondary N) is 1. The smallest absolute Gasteiger partial charge is 0.258 e. The number of amides is 1. The van der Waals surface area contributed by atoms with Gasteiger partial charge >= 0.3 is 0 Å². The van der Waals surface area contributed by atoms with E-state index in [1.165, 1.54) is 0 Å². The van der Waals surface area contributed by atoms with E-state index in [2.05, 4.69) is 5.32 Å². The molecule has 4 heteroatoms. The second-order valence-electron chi connectivity index (χ2n) is 6.28. The molecule has 1 aromatic heterocycles. The molecule has 0 unspecified atom stereocenters. The third-order valence-electron chi connectivity index (χ3n) is 4.58. The fraction of sp³-hybridized carbons (Fsp3) is 0.238. The van der Waals surface area contributed by atoms with Crippen LogP contribution in [-0.2, 0) is 18.3 Å². The van der Waals surface area contributed by atoms with Gasteiger partial charge in [0, 0.05) is 25.9 Å². The molecule has 0 radical (unpaired) electrons. The fourth-order valence-electron chi connectivity index (χ4n) is 3.29. The molecule has 0 bridgehead atoms. The van der Waals surface area contributed by atoms with Gasteiger partial charge in [0.05, 0.1) is 5.69 Å². The van der Waals surface area contributed by atoms with E-state index in [0.29, 0.717) is 18.2 Å². The SMILES string of the molecule is CNC(=O)CCc1c(-c2ccccc2)n(C)c(=O)c2ccc(C)cc12. The van der Waals surface area contributed by atoms with Crippen molar-refractivity contribution in [2.75, 3.05) is 7.05 Å². The lowest BCUT2D eigenvalue weighted by molar-refractivity contribution is -0.120. The van der Waals surface area contributed by atoms with Crippen molar-refractivity contribution in [2.45, 2.75) is 19.8 Å². The highest BCUT2D eigenvalue weighted by molar-refractivity contribution is 5.91. The van der Waals surface area contributed by atoms with Gasteiger partial charge in [0.1, 0.15) is 0 Å². The number of fused-ring (bicyclic) bond motifs is 1. The van der Waals surface area contributed by atoms with Gasteiger partial charge in [-0.05, 0) is 35.9 Å². The number of hydrogen-bond acceptors (Lipinski definition) is 2. The number of carbonyl (C=O) groups is 1. The molecule has 0 aliphatic rings. The zero-order valence-corrected chi connectivity index (χ0v) is 14.8. The minimum Gasteiger partial charge on any atom is -0.359 e. The molecule has 25 heavy (non-hydrogen) atoms. The van der Waals surface area contributed by atoms with Crippen LogP contribution in [0.2, 0.25) is 0 Å². The van der Waals surface area contributed by atoms with E-state index in [0.717, 1.165) is 27.8 Å². The topological polar surface area (TPSA) is 51.1 Å². The van der Waals surface area contributed by atoms with Crippen molar-refractivity contribution in [3.8, 4) is 11.3 Å². The van der Waals surface area contributed by atoms with E-state index in [1.807, 2.05) is 55.5 Å². The Bertz CT molecular complexity index is 988. The van der Waals surface area contributed by atoms with Gasteiger partial charge in [-0.1, -0.05) is 48.0 Å². The second kappa shape index (κ2) is 6.93. The molecule has 0 saturated heterocycles. The number of aryl methyl sites for hydroxylation is 2. The van der Waals surface area contributed by atoms with Crippen molar-refractivity contribution in [1.82, 2.24) is 9.88 Å². The van der Waals surface area contributed by atoms with Crippen LogP contribution >= 0.6 is 0 Å². The first-order valence-corrected chi connectivity index (χ1v) is 8.41. The molecule has 0 aliphatic carbocycles. The number of aromatic nitrogens is 1. The van der Waals surface area contributed by atoms with Crippen molar-refractivity contribution in [3.05, 3.63) is 70.0 Å². The largest absolute Gasteiger partial charge is 0.359 e. The summed E-state index contributed by atoms with van der Waals surface area (Å²) in [5.74, 6) is -0.00586. The molecule has 1 N–H and O–H groups in total. The predicted molar refractivity (Wildman–Crippen MR) is 102 cm³/mol. The monoisotopic (exact) mass is 334 g/mol. The van der Waals surface area contributed by atoms with Gasteiger partial charge in [-0.15, -0.1) is 0 Å². The van der Waals surface area contributed by atoms with Gasteiger partial charge in [0.15, 0.2) is 0 Å². The van der Waals surface area contributed by atoms with Crippen LogP contribution in [0.15, 0.2) is 53.3 Å². The molecule has 1 amide bonds. The van der Waals surface area contributed by atoms with Crippen LogP contribution in [0.3, 0.4) is 0 Å². The average Bonchev–Trinajstić information content (AvgIpc) is 2.63. The third-order valence-corrected chi connectivity index (χ3v) is 4.58. The first-order valence-electron chi connectivity index (χ1n) is 8.41. The van der Waals surface area contributed by atoms with Crippen LogP contribution in [0.5, 0.6) is 0 Å². The van der Waals surface area contributed by atoms with E-state index in [9.17, 15) is 9.59 Å². The van der Waals surface area contributed by atoms with Gasteiger partial charge in [-0.2, -0.15) is 0 Å². The molecule has 4 nitrogen and oxygen atoms in total. The lowest BCUT2D eigenvalue weighted by atomic mass is 9.94. The van der Waals surface area contributed by atoms with Gasteiger partial charge in [0.2, 0.25) is 5.91 Å². The van der Waals surface area contributed by atoms with Crippen molar-refractivity contribution in [3.63, 3.8) is 0 Å². The van der Waals surface area contributed by atoms with E-state index >= 15 is 0 Å². The van der Waals surface area contributed by atoms with Gasteiger partial charge in [0.25, 0.3) is 5.56 Å². The summed E-state index contributed by atoms with van der Waals surface area (Å²) < 4.78 is 1.70. The lowest BCUT2D eigenvalue weighted by Crippen LogP contribution is -2.22. The Morgan fingerprint density at radius 3 is 2.48 bits per heavy atom. The Hall–Kier alpha value is -2.88. The summed E-state index contributed by atoms with van der Waals surface area (Å²) in [6.07, 6.45) is 0.968. The zero-order valence-electron chi connectivity index (χ0n) is 14.8. The van der Waals surface area contributed by atoms with Crippen LogP contribution in [0.1, 0.15) is 17.5 Å². The second-order valence-corrected chi connectivity index (χ2v) is 6.28. The van der Waals surface area contributed by atoms with Crippen LogP contribution in [-0.4, -0.2) is 17.5 Å². The molecule has 1 heterocycles. The molecule has 0 spiro atoms. The van der Waals surface area contributed by atoms with Crippen LogP contribution in [0, 0.1) is 6.92 Å². The Morgan fingerprint density at radius 2 is 1.80 bits per heavy atom. The molecule has 0 fully saturated rings. The molecular formula is C21H22N2O2. The average molecular weight is 334 g/mol. The summed E-state index contributed by atoms with van der Waals surface area (Å²) in [5.41, 5.74) is 3.99. The summed E-state index contributed by atoms with van der Waals surface area (Å²) in [7, 11) is 3.44. The van der Waals surface area contributed by atoms with Gasteiger partial charge < -0.3 is 9.88 Å².